The molecule has 1 heterocycles. The van der Waals surface area contributed by atoms with E-state index in [0.29, 0.717) is 6.54 Å². The molecule has 4 heteroatoms. The SMILES string of the molecule is CCN(CC(C)(C)O)c1ncccc1[C@H](C)O. The van der Waals surface area contributed by atoms with Crippen molar-refractivity contribution in [3.05, 3.63) is 23.9 Å². The molecule has 1 aromatic rings. The third-order valence-corrected chi connectivity index (χ3v) is 2.53. The first kappa shape index (κ1) is 13.9. The summed E-state index contributed by atoms with van der Waals surface area (Å²) in [6.45, 7) is 8.48. The highest BCUT2D eigenvalue weighted by molar-refractivity contribution is 5.48. The van der Waals surface area contributed by atoms with Crippen LogP contribution in [-0.4, -0.2) is 33.9 Å². The van der Waals surface area contributed by atoms with E-state index >= 15 is 0 Å². The molecule has 0 aliphatic carbocycles. The smallest absolute Gasteiger partial charge is 0.134 e. The van der Waals surface area contributed by atoms with Gasteiger partial charge in [-0.15, -0.1) is 0 Å². The quantitative estimate of drug-likeness (QED) is 0.820. The number of hydrogen-bond acceptors (Lipinski definition) is 4. The molecule has 96 valence electrons. The monoisotopic (exact) mass is 238 g/mol. The average molecular weight is 238 g/mol. The lowest BCUT2D eigenvalue weighted by molar-refractivity contribution is 0.0871. The Morgan fingerprint density at radius 2 is 2.12 bits per heavy atom. The van der Waals surface area contributed by atoms with Crippen LogP contribution in [0.3, 0.4) is 0 Å². The van der Waals surface area contributed by atoms with Crippen molar-refractivity contribution in [2.75, 3.05) is 18.0 Å². The maximum atomic E-state index is 9.88. The minimum atomic E-state index is -0.788. The zero-order chi connectivity index (χ0) is 13.1. The van der Waals surface area contributed by atoms with Crippen LogP contribution in [0.15, 0.2) is 18.3 Å². The van der Waals surface area contributed by atoms with Crippen molar-refractivity contribution < 1.29 is 10.2 Å². The first-order chi connectivity index (χ1) is 7.85. The molecule has 0 saturated heterocycles. The highest BCUT2D eigenvalue weighted by atomic mass is 16.3. The molecule has 0 fully saturated rings. The van der Waals surface area contributed by atoms with E-state index in [9.17, 15) is 10.2 Å². The maximum Gasteiger partial charge on any atom is 0.134 e. The Morgan fingerprint density at radius 3 is 2.59 bits per heavy atom. The van der Waals surface area contributed by atoms with Crippen LogP contribution in [0.5, 0.6) is 0 Å². The summed E-state index contributed by atoms with van der Waals surface area (Å²) in [5.74, 6) is 0.743. The van der Waals surface area contributed by atoms with E-state index in [-0.39, 0.29) is 0 Å². The average Bonchev–Trinajstić information content (AvgIpc) is 2.24. The Bertz CT molecular complexity index is 359. The summed E-state index contributed by atoms with van der Waals surface area (Å²) in [7, 11) is 0. The standard InChI is InChI=1S/C13H22N2O2/c1-5-15(9-13(3,4)17)12-11(10(2)16)7-6-8-14-12/h6-8,10,16-17H,5,9H2,1-4H3/t10-/m0/s1. The summed E-state index contributed by atoms with van der Waals surface area (Å²) >= 11 is 0. The molecule has 4 nitrogen and oxygen atoms in total. The van der Waals surface area contributed by atoms with E-state index < -0.39 is 11.7 Å². The lowest BCUT2D eigenvalue weighted by Crippen LogP contribution is -2.39. The van der Waals surface area contributed by atoms with Crippen LogP contribution >= 0.6 is 0 Å². The van der Waals surface area contributed by atoms with Gasteiger partial charge < -0.3 is 15.1 Å². The number of aliphatic hydroxyl groups excluding tert-OH is 1. The zero-order valence-electron chi connectivity index (χ0n) is 11.0. The van der Waals surface area contributed by atoms with Gasteiger partial charge in [0, 0.05) is 24.8 Å². The summed E-state index contributed by atoms with van der Waals surface area (Å²) in [5.41, 5.74) is 0.00217. The fraction of sp³-hybridized carbons (Fsp3) is 0.615. The number of pyridine rings is 1. The normalized spacial score (nSPS) is 13.5. The third-order valence-electron chi connectivity index (χ3n) is 2.53. The van der Waals surface area contributed by atoms with E-state index in [0.717, 1.165) is 17.9 Å². The zero-order valence-corrected chi connectivity index (χ0v) is 11.0. The van der Waals surface area contributed by atoms with Crippen molar-refractivity contribution in [3.63, 3.8) is 0 Å². The first-order valence-electron chi connectivity index (χ1n) is 5.95. The van der Waals surface area contributed by atoms with E-state index in [1.54, 1.807) is 27.0 Å². The number of aliphatic hydroxyl groups is 2. The van der Waals surface area contributed by atoms with Crippen LogP contribution in [0, 0.1) is 0 Å². The van der Waals surface area contributed by atoms with Crippen molar-refractivity contribution in [3.8, 4) is 0 Å². The van der Waals surface area contributed by atoms with E-state index in [1.165, 1.54) is 0 Å². The minimum absolute atomic E-state index is 0.486. The first-order valence-corrected chi connectivity index (χ1v) is 5.95. The van der Waals surface area contributed by atoms with Gasteiger partial charge in [0.25, 0.3) is 0 Å². The number of aromatic nitrogens is 1. The number of hydrogen-bond donors (Lipinski definition) is 2. The van der Waals surface area contributed by atoms with Gasteiger partial charge in [0.05, 0.1) is 11.7 Å². The van der Waals surface area contributed by atoms with Crippen LogP contribution in [-0.2, 0) is 0 Å². The highest BCUT2D eigenvalue weighted by Crippen LogP contribution is 2.24. The molecule has 17 heavy (non-hydrogen) atoms. The molecular formula is C13H22N2O2. The van der Waals surface area contributed by atoms with Crippen molar-refractivity contribution >= 4 is 5.82 Å². The van der Waals surface area contributed by atoms with Crippen LogP contribution in [0.25, 0.3) is 0 Å². The summed E-state index contributed by atoms with van der Waals surface area (Å²) in [6, 6.07) is 3.67. The third kappa shape index (κ3) is 3.98. The number of nitrogens with zero attached hydrogens (tertiary/aromatic N) is 2. The van der Waals surface area contributed by atoms with Crippen LogP contribution in [0.1, 0.15) is 39.4 Å². The fourth-order valence-electron chi connectivity index (χ4n) is 1.80. The minimum Gasteiger partial charge on any atom is -0.389 e. The predicted octanol–water partition coefficient (Wildman–Crippen LogP) is 1.73. The summed E-state index contributed by atoms with van der Waals surface area (Å²) in [6.07, 6.45) is 1.14. The second kappa shape index (κ2) is 5.47. The van der Waals surface area contributed by atoms with Gasteiger partial charge in [0.1, 0.15) is 5.82 Å². The van der Waals surface area contributed by atoms with Crippen LogP contribution < -0.4 is 4.90 Å². The van der Waals surface area contributed by atoms with Gasteiger partial charge in [-0.25, -0.2) is 4.98 Å². The molecule has 0 unspecified atom stereocenters. The lowest BCUT2D eigenvalue weighted by Gasteiger charge is -2.30. The fourth-order valence-corrected chi connectivity index (χ4v) is 1.80. The molecule has 1 aromatic heterocycles. The van der Waals surface area contributed by atoms with Crippen LogP contribution in [0.4, 0.5) is 5.82 Å². The second-order valence-electron chi connectivity index (χ2n) is 4.92. The van der Waals surface area contributed by atoms with E-state index in [2.05, 4.69) is 4.98 Å². The summed E-state index contributed by atoms with van der Waals surface area (Å²) in [4.78, 5) is 6.28. The Hall–Kier alpha value is -1.13. The van der Waals surface area contributed by atoms with Gasteiger partial charge in [-0.3, -0.25) is 0 Å². The number of likely N-dealkylation sites (N-methyl/N-ethyl adjacent to an activating group) is 1. The molecule has 0 amide bonds. The Labute approximate surface area is 103 Å². The molecule has 0 aromatic carbocycles. The molecule has 0 saturated carbocycles. The van der Waals surface area contributed by atoms with E-state index in [4.69, 9.17) is 0 Å². The van der Waals surface area contributed by atoms with Crippen molar-refractivity contribution in [2.45, 2.75) is 39.4 Å². The molecule has 0 aliphatic rings. The molecular weight excluding hydrogens is 216 g/mol. The highest BCUT2D eigenvalue weighted by Gasteiger charge is 2.21. The van der Waals surface area contributed by atoms with Gasteiger partial charge in [-0.05, 0) is 33.8 Å². The molecule has 0 aliphatic heterocycles. The Morgan fingerprint density at radius 1 is 1.47 bits per heavy atom. The Balaban J connectivity index is 3.03. The van der Waals surface area contributed by atoms with Gasteiger partial charge in [0.15, 0.2) is 0 Å². The summed E-state index contributed by atoms with van der Waals surface area (Å²) in [5, 5.41) is 19.6. The largest absolute Gasteiger partial charge is 0.389 e. The van der Waals surface area contributed by atoms with Crippen molar-refractivity contribution in [2.24, 2.45) is 0 Å². The number of anilines is 1. The van der Waals surface area contributed by atoms with Gasteiger partial charge in [0.2, 0.25) is 0 Å². The van der Waals surface area contributed by atoms with E-state index in [1.807, 2.05) is 24.0 Å². The van der Waals surface area contributed by atoms with Gasteiger partial charge in [-0.1, -0.05) is 6.07 Å². The molecule has 0 spiro atoms. The Kier molecular flexibility index (Phi) is 4.48. The van der Waals surface area contributed by atoms with Crippen molar-refractivity contribution in [1.82, 2.24) is 4.98 Å². The topological polar surface area (TPSA) is 56.6 Å². The summed E-state index contributed by atoms with van der Waals surface area (Å²) < 4.78 is 0. The predicted molar refractivity (Wildman–Crippen MR) is 69.1 cm³/mol. The maximum absolute atomic E-state index is 9.88. The second-order valence-corrected chi connectivity index (χ2v) is 4.92. The molecule has 2 N–H and O–H groups in total. The molecule has 1 rings (SSSR count). The molecule has 0 radical (unpaired) electrons. The molecule has 0 bridgehead atoms. The lowest BCUT2D eigenvalue weighted by atomic mass is 10.1. The van der Waals surface area contributed by atoms with Crippen LogP contribution in [0.2, 0.25) is 0 Å². The molecule has 1 atom stereocenters. The van der Waals surface area contributed by atoms with Crippen molar-refractivity contribution in [1.29, 1.82) is 0 Å². The van der Waals surface area contributed by atoms with Gasteiger partial charge in [-0.2, -0.15) is 0 Å². The number of rotatable bonds is 5. The van der Waals surface area contributed by atoms with Gasteiger partial charge >= 0.3 is 0 Å².